The maximum absolute atomic E-state index is 4.60. The highest BCUT2D eigenvalue weighted by Gasteiger charge is 2.10. The second kappa shape index (κ2) is 12.3. The summed E-state index contributed by atoms with van der Waals surface area (Å²) in [6.07, 6.45) is 2.64. The van der Waals surface area contributed by atoms with Crippen molar-refractivity contribution in [2.45, 2.75) is 47.2 Å². The van der Waals surface area contributed by atoms with Crippen molar-refractivity contribution in [1.82, 2.24) is 24.9 Å². The average molecular weight is 554 g/mol. The molecule has 0 atom stereocenters. The van der Waals surface area contributed by atoms with Gasteiger partial charge in [0.1, 0.15) is 32.9 Å². The monoisotopic (exact) mass is 553 g/mol. The number of fused-ring (bicyclic) bond motifs is 2. The third-order valence-corrected chi connectivity index (χ3v) is 7.86. The third kappa shape index (κ3) is 6.74. The minimum Gasteiger partial charge on any atom is -0.365 e. The number of hydrogen-bond acceptors (Lipinski definition) is 9. The van der Waals surface area contributed by atoms with E-state index in [1.54, 1.807) is 28.9 Å². The molecule has 6 aromatic rings. The summed E-state index contributed by atoms with van der Waals surface area (Å²) in [4.78, 5) is 27.1. The molecule has 0 spiro atoms. The third-order valence-electron chi connectivity index (χ3n) is 5.97. The number of rotatable bonds is 7. The van der Waals surface area contributed by atoms with Crippen LogP contribution in [-0.4, -0.2) is 24.9 Å². The SMILES string of the molecule is CCc1nc(NCc2ccccn2)c2cc(C)sc2n1.Cc1nc(NCc2ccccc2)c2cc(C)sc2n1. The summed E-state index contributed by atoms with van der Waals surface area (Å²) in [6, 6.07) is 20.5. The Labute approximate surface area is 236 Å². The molecule has 0 fully saturated rings. The number of aromatic nitrogens is 5. The smallest absolute Gasteiger partial charge is 0.138 e. The summed E-state index contributed by atoms with van der Waals surface area (Å²) in [7, 11) is 0. The van der Waals surface area contributed by atoms with E-state index in [0.717, 1.165) is 62.4 Å². The Morgan fingerprint density at radius 2 is 1.33 bits per heavy atom. The molecule has 5 aromatic heterocycles. The van der Waals surface area contributed by atoms with E-state index in [1.165, 1.54) is 15.3 Å². The Morgan fingerprint density at radius 1 is 0.692 bits per heavy atom. The molecule has 5 heterocycles. The standard InChI is InChI=1S/C15H16N4S.C15H15N3S/c1-3-13-18-14(12-8-10(2)20-15(12)19-13)17-9-11-6-4-5-7-16-11;1-10-8-13-14(17-11(2)18-15(13)19-10)16-9-12-6-4-3-5-7-12/h4-8H,3,9H2,1-2H3,(H,17,18,19);3-8H,9H2,1-2H3,(H,16,17,18). The highest BCUT2D eigenvalue weighted by atomic mass is 32.1. The van der Waals surface area contributed by atoms with Gasteiger partial charge in [-0.1, -0.05) is 43.3 Å². The first-order chi connectivity index (χ1) is 19.0. The van der Waals surface area contributed by atoms with E-state index >= 15 is 0 Å². The summed E-state index contributed by atoms with van der Waals surface area (Å²) in [5, 5.41) is 9.01. The lowest BCUT2D eigenvalue weighted by Crippen LogP contribution is -2.05. The van der Waals surface area contributed by atoms with Gasteiger partial charge in [0.2, 0.25) is 0 Å². The van der Waals surface area contributed by atoms with Crippen molar-refractivity contribution < 1.29 is 0 Å². The number of nitrogens with one attached hydrogen (secondary N) is 2. The van der Waals surface area contributed by atoms with Gasteiger partial charge in [0, 0.05) is 28.9 Å². The molecule has 0 aliphatic carbocycles. The lowest BCUT2D eigenvalue weighted by molar-refractivity contribution is 0.950. The second-order valence-corrected chi connectivity index (χ2v) is 11.6. The zero-order valence-electron chi connectivity index (χ0n) is 22.5. The van der Waals surface area contributed by atoms with Gasteiger partial charge >= 0.3 is 0 Å². The van der Waals surface area contributed by atoms with Gasteiger partial charge in [-0.2, -0.15) is 0 Å². The molecule has 9 heteroatoms. The fourth-order valence-corrected chi connectivity index (χ4v) is 5.94. The second-order valence-electron chi connectivity index (χ2n) is 9.13. The predicted molar refractivity (Wildman–Crippen MR) is 164 cm³/mol. The van der Waals surface area contributed by atoms with Crippen LogP contribution in [0.2, 0.25) is 0 Å². The van der Waals surface area contributed by atoms with Gasteiger partial charge < -0.3 is 10.6 Å². The van der Waals surface area contributed by atoms with Crippen LogP contribution < -0.4 is 10.6 Å². The quantitative estimate of drug-likeness (QED) is 0.212. The minimum absolute atomic E-state index is 0.672. The average Bonchev–Trinajstić information content (AvgIpc) is 3.52. The Kier molecular flexibility index (Phi) is 8.39. The van der Waals surface area contributed by atoms with Crippen LogP contribution in [0.15, 0.2) is 66.9 Å². The van der Waals surface area contributed by atoms with E-state index in [0.29, 0.717) is 6.54 Å². The summed E-state index contributed by atoms with van der Waals surface area (Å²) < 4.78 is 0. The van der Waals surface area contributed by atoms with Gasteiger partial charge in [-0.05, 0) is 50.6 Å². The van der Waals surface area contributed by atoms with E-state index < -0.39 is 0 Å². The summed E-state index contributed by atoms with van der Waals surface area (Å²) in [5.74, 6) is 3.52. The molecule has 198 valence electrons. The predicted octanol–water partition coefficient (Wildman–Crippen LogP) is 7.49. The zero-order chi connectivity index (χ0) is 27.2. The fourth-order valence-electron chi connectivity index (χ4n) is 4.12. The molecule has 0 unspecified atom stereocenters. The summed E-state index contributed by atoms with van der Waals surface area (Å²) in [6.45, 7) is 9.65. The lowest BCUT2D eigenvalue weighted by Gasteiger charge is -2.07. The number of aryl methyl sites for hydroxylation is 4. The highest BCUT2D eigenvalue weighted by Crippen LogP contribution is 2.29. The van der Waals surface area contributed by atoms with Crippen LogP contribution in [0.3, 0.4) is 0 Å². The van der Waals surface area contributed by atoms with E-state index in [1.807, 2.05) is 43.3 Å². The van der Waals surface area contributed by atoms with Crippen molar-refractivity contribution in [3.05, 3.63) is 99.5 Å². The maximum Gasteiger partial charge on any atom is 0.138 e. The number of hydrogen-bond donors (Lipinski definition) is 2. The molecule has 0 aliphatic rings. The molecule has 0 bridgehead atoms. The van der Waals surface area contributed by atoms with Gasteiger partial charge in [-0.25, -0.2) is 19.9 Å². The summed E-state index contributed by atoms with van der Waals surface area (Å²) in [5.41, 5.74) is 2.25. The van der Waals surface area contributed by atoms with Crippen LogP contribution in [0, 0.1) is 20.8 Å². The zero-order valence-corrected chi connectivity index (χ0v) is 24.2. The van der Waals surface area contributed by atoms with Crippen LogP contribution in [0.1, 0.15) is 39.6 Å². The Morgan fingerprint density at radius 3 is 2.00 bits per heavy atom. The fraction of sp³-hybridized carbons (Fsp3) is 0.233. The largest absolute Gasteiger partial charge is 0.365 e. The van der Waals surface area contributed by atoms with Crippen LogP contribution in [0.25, 0.3) is 20.4 Å². The molecule has 0 saturated heterocycles. The van der Waals surface area contributed by atoms with Crippen LogP contribution in [-0.2, 0) is 19.5 Å². The topological polar surface area (TPSA) is 88.5 Å². The maximum atomic E-state index is 4.60. The molecule has 0 aliphatic heterocycles. The lowest BCUT2D eigenvalue weighted by atomic mass is 10.2. The van der Waals surface area contributed by atoms with E-state index in [-0.39, 0.29) is 0 Å². The van der Waals surface area contributed by atoms with E-state index in [4.69, 9.17) is 0 Å². The van der Waals surface area contributed by atoms with Crippen LogP contribution in [0.4, 0.5) is 11.6 Å². The van der Waals surface area contributed by atoms with Gasteiger partial charge in [-0.3, -0.25) is 4.98 Å². The molecule has 0 radical (unpaired) electrons. The van der Waals surface area contributed by atoms with Crippen LogP contribution >= 0.6 is 22.7 Å². The minimum atomic E-state index is 0.672. The van der Waals surface area contributed by atoms with Crippen molar-refractivity contribution in [1.29, 1.82) is 0 Å². The van der Waals surface area contributed by atoms with Crippen molar-refractivity contribution >= 4 is 54.7 Å². The summed E-state index contributed by atoms with van der Waals surface area (Å²) >= 11 is 3.42. The number of benzene rings is 1. The molecule has 0 amide bonds. The molecular formula is C30H31N7S2. The van der Waals surface area contributed by atoms with Crippen molar-refractivity contribution in [2.75, 3.05) is 10.6 Å². The molecule has 7 nitrogen and oxygen atoms in total. The first-order valence-corrected chi connectivity index (χ1v) is 14.5. The van der Waals surface area contributed by atoms with Crippen molar-refractivity contribution in [3.63, 3.8) is 0 Å². The van der Waals surface area contributed by atoms with Gasteiger partial charge in [0.05, 0.1) is 23.0 Å². The van der Waals surface area contributed by atoms with Crippen molar-refractivity contribution in [3.8, 4) is 0 Å². The molecule has 6 rings (SSSR count). The number of thiophene rings is 2. The molecule has 2 N–H and O–H groups in total. The molecular weight excluding hydrogens is 523 g/mol. The number of pyridine rings is 1. The first-order valence-electron chi connectivity index (χ1n) is 12.9. The highest BCUT2D eigenvalue weighted by molar-refractivity contribution is 7.19. The molecule has 0 saturated carbocycles. The van der Waals surface area contributed by atoms with Gasteiger partial charge in [0.15, 0.2) is 0 Å². The van der Waals surface area contributed by atoms with Gasteiger partial charge in [-0.15, -0.1) is 22.7 Å². The molecule has 1 aromatic carbocycles. The van der Waals surface area contributed by atoms with Crippen molar-refractivity contribution in [2.24, 2.45) is 0 Å². The van der Waals surface area contributed by atoms with Crippen LogP contribution in [0.5, 0.6) is 0 Å². The Hall–Kier alpha value is -3.95. The van der Waals surface area contributed by atoms with E-state index in [9.17, 15) is 0 Å². The Balaban J connectivity index is 0.000000158. The normalized spacial score (nSPS) is 10.9. The molecule has 39 heavy (non-hydrogen) atoms. The van der Waals surface area contributed by atoms with Gasteiger partial charge in [0.25, 0.3) is 0 Å². The number of anilines is 2. The first kappa shape index (κ1) is 26.6. The van der Waals surface area contributed by atoms with E-state index in [2.05, 4.69) is 80.6 Å². The Bertz CT molecular complexity index is 1680. The number of nitrogens with zero attached hydrogens (tertiary/aromatic N) is 5.